The number of hydrogen-bond acceptors (Lipinski definition) is 3. The van der Waals surface area contributed by atoms with Gasteiger partial charge in [-0.25, -0.2) is 4.79 Å². The molecule has 1 saturated heterocycles. The van der Waals surface area contributed by atoms with Crippen LogP contribution < -0.4 is 5.32 Å². The highest BCUT2D eigenvalue weighted by Crippen LogP contribution is 2.16. The van der Waals surface area contributed by atoms with Gasteiger partial charge < -0.3 is 20.1 Å². The van der Waals surface area contributed by atoms with E-state index < -0.39 is 0 Å². The van der Waals surface area contributed by atoms with Gasteiger partial charge in [0.15, 0.2) is 0 Å². The SMILES string of the molecule is CC(C)COCC(C)NC(=O)N1CCC(CO)CC1. The summed E-state index contributed by atoms with van der Waals surface area (Å²) in [6, 6.07) is 0.0128. The predicted octanol–water partition coefficient (Wildman–Crippen LogP) is 1.46. The topological polar surface area (TPSA) is 61.8 Å². The highest BCUT2D eigenvalue weighted by atomic mass is 16.5. The minimum Gasteiger partial charge on any atom is -0.396 e. The van der Waals surface area contributed by atoms with Crippen LogP contribution in [0.2, 0.25) is 0 Å². The van der Waals surface area contributed by atoms with Crippen LogP contribution in [0.1, 0.15) is 33.6 Å². The first-order valence-corrected chi connectivity index (χ1v) is 7.27. The number of nitrogens with zero attached hydrogens (tertiary/aromatic N) is 1. The van der Waals surface area contributed by atoms with Crippen LogP contribution in [0.4, 0.5) is 4.79 Å². The van der Waals surface area contributed by atoms with Gasteiger partial charge in [0.25, 0.3) is 0 Å². The van der Waals surface area contributed by atoms with E-state index in [1.807, 2.05) is 11.8 Å². The number of rotatable bonds is 6. The molecule has 19 heavy (non-hydrogen) atoms. The largest absolute Gasteiger partial charge is 0.396 e. The summed E-state index contributed by atoms with van der Waals surface area (Å²) in [5, 5.41) is 12.0. The summed E-state index contributed by atoms with van der Waals surface area (Å²) in [6.07, 6.45) is 1.78. The van der Waals surface area contributed by atoms with E-state index in [9.17, 15) is 4.79 Å². The monoisotopic (exact) mass is 272 g/mol. The van der Waals surface area contributed by atoms with E-state index in [0.717, 1.165) is 32.5 Å². The van der Waals surface area contributed by atoms with E-state index in [1.54, 1.807) is 0 Å². The molecule has 1 rings (SSSR count). The quantitative estimate of drug-likeness (QED) is 0.769. The van der Waals surface area contributed by atoms with Crippen LogP contribution in [-0.4, -0.2) is 55.0 Å². The summed E-state index contributed by atoms with van der Waals surface area (Å²) < 4.78 is 5.51. The molecule has 112 valence electrons. The number of urea groups is 1. The van der Waals surface area contributed by atoms with Crippen molar-refractivity contribution in [2.75, 3.05) is 32.9 Å². The summed E-state index contributed by atoms with van der Waals surface area (Å²) in [4.78, 5) is 13.8. The first-order chi connectivity index (χ1) is 9.02. The lowest BCUT2D eigenvalue weighted by atomic mass is 9.98. The normalized spacial score (nSPS) is 18.7. The lowest BCUT2D eigenvalue weighted by Crippen LogP contribution is -2.48. The molecule has 1 atom stereocenters. The summed E-state index contributed by atoms with van der Waals surface area (Å²) >= 11 is 0. The lowest BCUT2D eigenvalue weighted by molar-refractivity contribution is 0.0908. The van der Waals surface area contributed by atoms with E-state index in [4.69, 9.17) is 9.84 Å². The van der Waals surface area contributed by atoms with Crippen molar-refractivity contribution in [1.82, 2.24) is 10.2 Å². The molecular weight excluding hydrogens is 244 g/mol. The van der Waals surface area contributed by atoms with Gasteiger partial charge in [-0.05, 0) is 31.6 Å². The molecule has 1 fully saturated rings. The minimum atomic E-state index is -0.0166. The fraction of sp³-hybridized carbons (Fsp3) is 0.929. The van der Waals surface area contributed by atoms with Crippen molar-refractivity contribution in [3.05, 3.63) is 0 Å². The summed E-state index contributed by atoms with van der Waals surface area (Å²) in [5.74, 6) is 0.872. The van der Waals surface area contributed by atoms with Crippen molar-refractivity contribution in [2.45, 2.75) is 39.7 Å². The lowest BCUT2D eigenvalue weighted by Gasteiger charge is -2.32. The summed E-state index contributed by atoms with van der Waals surface area (Å²) in [7, 11) is 0. The Balaban J connectivity index is 2.19. The van der Waals surface area contributed by atoms with E-state index in [1.165, 1.54) is 0 Å². The second kappa shape index (κ2) is 8.38. The van der Waals surface area contributed by atoms with Crippen molar-refractivity contribution in [1.29, 1.82) is 0 Å². The number of piperidine rings is 1. The van der Waals surface area contributed by atoms with Crippen LogP contribution in [0, 0.1) is 11.8 Å². The fourth-order valence-electron chi connectivity index (χ4n) is 2.14. The molecule has 5 nitrogen and oxygen atoms in total. The summed E-state index contributed by atoms with van der Waals surface area (Å²) in [5.41, 5.74) is 0. The molecule has 1 heterocycles. The number of carbonyl (C=O) groups excluding carboxylic acids is 1. The molecule has 0 radical (unpaired) electrons. The molecule has 1 aliphatic rings. The highest BCUT2D eigenvalue weighted by molar-refractivity contribution is 5.74. The van der Waals surface area contributed by atoms with Gasteiger partial charge in [0, 0.05) is 26.3 Å². The second-order valence-corrected chi connectivity index (χ2v) is 5.89. The Morgan fingerprint density at radius 2 is 1.95 bits per heavy atom. The average Bonchev–Trinajstić information content (AvgIpc) is 2.38. The van der Waals surface area contributed by atoms with Gasteiger partial charge in [-0.2, -0.15) is 0 Å². The van der Waals surface area contributed by atoms with Crippen molar-refractivity contribution in [3.63, 3.8) is 0 Å². The van der Waals surface area contributed by atoms with Gasteiger partial charge in [-0.1, -0.05) is 13.8 Å². The number of hydrogen-bond donors (Lipinski definition) is 2. The molecular formula is C14H28N2O3. The average molecular weight is 272 g/mol. The standard InChI is InChI=1S/C14H28N2O3/c1-11(2)9-19-10-12(3)15-14(18)16-6-4-13(8-17)5-7-16/h11-13,17H,4-10H2,1-3H3,(H,15,18). The molecule has 0 aromatic carbocycles. The van der Waals surface area contributed by atoms with Crippen LogP contribution in [0.3, 0.4) is 0 Å². The highest BCUT2D eigenvalue weighted by Gasteiger charge is 2.22. The number of amides is 2. The van der Waals surface area contributed by atoms with Crippen LogP contribution in [0.25, 0.3) is 0 Å². The number of likely N-dealkylation sites (tertiary alicyclic amines) is 1. The van der Waals surface area contributed by atoms with Crippen LogP contribution >= 0.6 is 0 Å². The van der Waals surface area contributed by atoms with Crippen LogP contribution in [0.5, 0.6) is 0 Å². The fourth-order valence-corrected chi connectivity index (χ4v) is 2.14. The third-order valence-electron chi connectivity index (χ3n) is 3.35. The zero-order valence-electron chi connectivity index (χ0n) is 12.4. The van der Waals surface area contributed by atoms with Gasteiger partial charge in [-0.3, -0.25) is 0 Å². The van der Waals surface area contributed by atoms with E-state index in [-0.39, 0.29) is 18.7 Å². The van der Waals surface area contributed by atoms with Crippen molar-refractivity contribution in [2.24, 2.45) is 11.8 Å². The van der Waals surface area contributed by atoms with Gasteiger partial charge in [0.1, 0.15) is 0 Å². The number of ether oxygens (including phenoxy) is 1. The van der Waals surface area contributed by atoms with Gasteiger partial charge in [0.05, 0.1) is 12.6 Å². The second-order valence-electron chi connectivity index (χ2n) is 5.89. The molecule has 1 aliphatic heterocycles. The Labute approximate surface area is 116 Å². The molecule has 2 N–H and O–H groups in total. The Kier molecular flexibility index (Phi) is 7.16. The zero-order valence-corrected chi connectivity index (χ0v) is 12.4. The number of aliphatic hydroxyl groups excluding tert-OH is 1. The molecule has 0 aliphatic carbocycles. The first kappa shape index (κ1) is 16.2. The predicted molar refractivity (Wildman–Crippen MR) is 75.0 cm³/mol. The van der Waals surface area contributed by atoms with Gasteiger partial charge in [0.2, 0.25) is 0 Å². The van der Waals surface area contributed by atoms with E-state index >= 15 is 0 Å². The van der Waals surface area contributed by atoms with Crippen molar-refractivity contribution >= 4 is 6.03 Å². The molecule has 0 bridgehead atoms. The van der Waals surface area contributed by atoms with E-state index in [2.05, 4.69) is 19.2 Å². The number of nitrogens with one attached hydrogen (secondary N) is 1. The molecule has 0 spiro atoms. The molecule has 0 aromatic heterocycles. The smallest absolute Gasteiger partial charge is 0.317 e. The van der Waals surface area contributed by atoms with Crippen LogP contribution in [-0.2, 0) is 4.74 Å². The Morgan fingerprint density at radius 3 is 2.47 bits per heavy atom. The molecule has 2 amide bonds. The van der Waals surface area contributed by atoms with Crippen molar-refractivity contribution in [3.8, 4) is 0 Å². The minimum absolute atomic E-state index is 0.0166. The third kappa shape index (κ3) is 6.25. The Bertz CT molecular complexity index is 263. The molecule has 5 heteroatoms. The van der Waals surface area contributed by atoms with Gasteiger partial charge >= 0.3 is 6.03 Å². The molecule has 0 saturated carbocycles. The Hall–Kier alpha value is -0.810. The maximum absolute atomic E-state index is 12.0. The first-order valence-electron chi connectivity index (χ1n) is 7.27. The zero-order chi connectivity index (χ0) is 14.3. The number of aliphatic hydroxyl groups is 1. The number of carbonyl (C=O) groups is 1. The third-order valence-corrected chi connectivity index (χ3v) is 3.35. The summed E-state index contributed by atoms with van der Waals surface area (Å²) in [6.45, 7) is 9.14. The van der Waals surface area contributed by atoms with E-state index in [0.29, 0.717) is 18.4 Å². The Morgan fingerprint density at radius 1 is 1.32 bits per heavy atom. The van der Waals surface area contributed by atoms with Gasteiger partial charge in [-0.15, -0.1) is 0 Å². The van der Waals surface area contributed by atoms with Crippen molar-refractivity contribution < 1.29 is 14.6 Å². The molecule has 0 aromatic rings. The maximum atomic E-state index is 12.0. The maximum Gasteiger partial charge on any atom is 0.317 e. The molecule has 1 unspecified atom stereocenters. The van der Waals surface area contributed by atoms with Crippen LogP contribution in [0.15, 0.2) is 0 Å².